The van der Waals surface area contributed by atoms with E-state index in [1.165, 1.54) is 13.0 Å². The van der Waals surface area contributed by atoms with Crippen LogP contribution in [0.15, 0.2) is 76.4 Å². The standard InChI is InChI=1S/C27H25N3O5/c1-16(31)29-21-11-7-5-9-18(21)28-19-14-27(2,3)15-22(32)25(19)26(29)24-13-12-23(35-24)17-8-4-6-10-20(17)30(33)34/h4-13,26,28H,14-15H2,1-3H3/t26-/m1/s1. The van der Waals surface area contributed by atoms with Crippen LogP contribution >= 0.6 is 0 Å². The fourth-order valence-corrected chi connectivity index (χ4v) is 5.09. The summed E-state index contributed by atoms with van der Waals surface area (Å²) >= 11 is 0. The van der Waals surface area contributed by atoms with Crippen LogP contribution in [0, 0.1) is 15.5 Å². The summed E-state index contributed by atoms with van der Waals surface area (Å²) < 4.78 is 6.19. The topological polar surface area (TPSA) is 106 Å². The number of allylic oxidation sites excluding steroid dienone is 1. The summed E-state index contributed by atoms with van der Waals surface area (Å²) in [5.74, 6) is 0.357. The molecule has 35 heavy (non-hydrogen) atoms. The van der Waals surface area contributed by atoms with Crippen LogP contribution in [0.3, 0.4) is 0 Å². The molecule has 8 heteroatoms. The molecule has 2 heterocycles. The lowest BCUT2D eigenvalue weighted by Gasteiger charge is -2.35. The molecule has 0 unspecified atom stereocenters. The predicted octanol–water partition coefficient (Wildman–Crippen LogP) is 6.02. The number of carbonyl (C=O) groups is 2. The van der Waals surface area contributed by atoms with E-state index in [2.05, 4.69) is 5.32 Å². The number of Topliss-reactive ketones (excluding diaryl/α,β-unsaturated/α-hetero) is 1. The van der Waals surface area contributed by atoms with Gasteiger partial charge in [0.15, 0.2) is 5.78 Å². The van der Waals surface area contributed by atoms with Crippen LogP contribution < -0.4 is 10.2 Å². The second-order valence-electron chi connectivity index (χ2n) is 9.74. The van der Waals surface area contributed by atoms with Gasteiger partial charge >= 0.3 is 0 Å². The van der Waals surface area contributed by atoms with Crippen molar-refractivity contribution in [1.29, 1.82) is 0 Å². The van der Waals surface area contributed by atoms with E-state index < -0.39 is 11.0 Å². The Morgan fingerprint density at radius 3 is 2.54 bits per heavy atom. The van der Waals surface area contributed by atoms with E-state index in [1.54, 1.807) is 35.2 Å². The van der Waals surface area contributed by atoms with Crippen molar-refractivity contribution in [2.24, 2.45) is 5.41 Å². The Bertz CT molecular complexity index is 1400. The molecule has 2 aliphatic rings. The molecule has 1 aliphatic heterocycles. The smallest absolute Gasteiger partial charge is 0.280 e. The Balaban J connectivity index is 1.72. The number of para-hydroxylation sites is 3. The number of ketones is 1. The number of nitro groups is 1. The molecule has 1 atom stereocenters. The number of hydrogen-bond donors (Lipinski definition) is 1. The van der Waals surface area contributed by atoms with Crippen molar-refractivity contribution in [3.05, 3.63) is 87.8 Å². The SMILES string of the molecule is CC(=O)N1c2ccccc2NC2=C(C(=O)CC(C)(C)C2)[C@H]1c1ccc(-c2ccccc2[N+](=O)[O-])o1. The van der Waals surface area contributed by atoms with Crippen LogP contribution in [0.4, 0.5) is 17.1 Å². The third kappa shape index (κ3) is 3.90. The summed E-state index contributed by atoms with van der Waals surface area (Å²) in [5.41, 5.74) is 2.61. The molecular formula is C27H25N3O5. The Labute approximate surface area is 202 Å². The fraction of sp³-hybridized carbons (Fsp3) is 0.259. The molecule has 1 amide bonds. The van der Waals surface area contributed by atoms with Gasteiger partial charge in [-0.2, -0.15) is 0 Å². The molecule has 0 radical (unpaired) electrons. The number of carbonyl (C=O) groups excluding carboxylic acids is 2. The zero-order valence-electron chi connectivity index (χ0n) is 19.7. The highest BCUT2D eigenvalue weighted by Gasteiger charge is 2.44. The Kier molecular flexibility index (Phi) is 5.31. The van der Waals surface area contributed by atoms with Gasteiger partial charge in [0.25, 0.3) is 5.69 Å². The Morgan fingerprint density at radius 2 is 1.80 bits per heavy atom. The number of nitrogens with one attached hydrogen (secondary N) is 1. The average molecular weight is 472 g/mol. The molecule has 0 saturated carbocycles. The van der Waals surface area contributed by atoms with E-state index in [4.69, 9.17) is 4.42 Å². The lowest BCUT2D eigenvalue weighted by Crippen LogP contribution is -2.38. The number of amides is 1. The third-order valence-electron chi connectivity index (χ3n) is 6.50. The van der Waals surface area contributed by atoms with Gasteiger partial charge in [-0.25, -0.2) is 0 Å². The normalized spacial score (nSPS) is 18.9. The second kappa shape index (κ2) is 8.23. The monoisotopic (exact) mass is 471 g/mol. The highest BCUT2D eigenvalue weighted by atomic mass is 16.6. The second-order valence-corrected chi connectivity index (χ2v) is 9.74. The molecule has 178 valence electrons. The van der Waals surface area contributed by atoms with Crippen LogP contribution in [-0.2, 0) is 9.59 Å². The van der Waals surface area contributed by atoms with Gasteiger partial charge in [-0.1, -0.05) is 38.1 Å². The molecule has 0 spiro atoms. The summed E-state index contributed by atoms with van der Waals surface area (Å²) in [7, 11) is 0. The molecule has 0 bridgehead atoms. The van der Waals surface area contributed by atoms with E-state index in [0.717, 1.165) is 11.4 Å². The number of rotatable bonds is 3. The summed E-state index contributed by atoms with van der Waals surface area (Å²) in [6, 6.07) is 16.3. The van der Waals surface area contributed by atoms with Gasteiger partial charge in [-0.3, -0.25) is 24.6 Å². The van der Waals surface area contributed by atoms with E-state index >= 15 is 0 Å². The molecule has 1 aliphatic carbocycles. The number of fused-ring (bicyclic) bond motifs is 1. The Hall–Kier alpha value is -4.20. The minimum Gasteiger partial charge on any atom is -0.458 e. The molecular weight excluding hydrogens is 446 g/mol. The maximum atomic E-state index is 13.6. The van der Waals surface area contributed by atoms with Gasteiger partial charge in [0.1, 0.15) is 17.6 Å². The first-order valence-electron chi connectivity index (χ1n) is 11.4. The molecule has 0 fully saturated rings. The number of furan rings is 1. The molecule has 0 saturated heterocycles. The maximum Gasteiger partial charge on any atom is 0.280 e. The minimum atomic E-state index is -0.807. The summed E-state index contributed by atoms with van der Waals surface area (Å²) in [5, 5.41) is 15.0. The van der Waals surface area contributed by atoms with Gasteiger partial charge in [0.2, 0.25) is 5.91 Å². The highest BCUT2D eigenvalue weighted by molar-refractivity contribution is 6.05. The largest absolute Gasteiger partial charge is 0.458 e. The van der Waals surface area contributed by atoms with Gasteiger partial charge in [-0.15, -0.1) is 0 Å². The molecule has 1 aromatic heterocycles. The van der Waals surface area contributed by atoms with Crippen molar-refractivity contribution >= 4 is 28.8 Å². The van der Waals surface area contributed by atoms with E-state index in [1.807, 2.05) is 38.1 Å². The number of nitrogens with zero attached hydrogens (tertiary/aromatic N) is 2. The Morgan fingerprint density at radius 1 is 1.09 bits per heavy atom. The van der Waals surface area contributed by atoms with Crippen molar-refractivity contribution in [3.63, 3.8) is 0 Å². The number of benzene rings is 2. The van der Waals surface area contributed by atoms with Crippen LogP contribution in [0.5, 0.6) is 0 Å². The zero-order valence-corrected chi connectivity index (χ0v) is 19.7. The first-order valence-corrected chi connectivity index (χ1v) is 11.4. The lowest BCUT2D eigenvalue weighted by molar-refractivity contribution is -0.384. The zero-order chi connectivity index (χ0) is 24.9. The van der Waals surface area contributed by atoms with Crippen molar-refractivity contribution in [2.45, 2.75) is 39.7 Å². The predicted molar refractivity (Wildman–Crippen MR) is 132 cm³/mol. The first kappa shape index (κ1) is 22.6. The number of anilines is 2. The highest BCUT2D eigenvalue weighted by Crippen LogP contribution is 2.49. The summed E-state index contributed by atoms with van der Waals surface area (Å²) in [6.07, 6.45) is 0.964. The van der Waals surface area contributed by atoms with Crippen LogP contribution in [0.2, 0.25) is 0 Å². The number of nitro benzene ring substituents is 1. The summed E-state index contributed by atoms with van der Waals surface area (Å²) in [4.78, 5) is 39.3. The fourth-order valence-electron chi connectivity index (χ4n) is 5.09. The lowest BCUT2D eigenvalue weighted by atomic mass is 9.74. The number of hydrogen-bond acceptors (Lipinski definition) is 6. The van der Waals surface area contributed by atoms with E-state index in [0.29, 0.717) is 41.2 Å². The first-order chi connectivity index (χ1) is 16.7. The van der Waals surface area contributed by atoms with Crippen molar-refractivity contribution in [3.8, 4) is 11.3 Å². The van der Waals surface area contributed by atoms with Crippen molar-refractivity contribution in [1.82, 2.24) is 0 Å². The molecule has 8 nitrogen and oxygen atoms in total. The van der Waals surface area contributed by atoms with Crippen LogP contribution in [0.25, 0.3) is 11.3 Å². The molecule has 2 aromatic carbocycles. The van der Waals surface area contributed by atoms with E-state index in [9.17, 15) is 19.7 Å². The maximum absolute atomic E-state index is 13.6. The summed E-state index contributed by atoms with van der Waals surface area (Å²) in [6.45, 7) is 5.55. The van der Waals surface area contributed by atoms with Gasteiger partial charge in [-0.05, 0) is 42.2 Å². The molecule has 5 rings (SSSR count). The average Bonchev–Trinajstić information content (AvgIpc) is 3.22. The van der Waals surface area contributed by atoms with Gasteiger partial charge < -0.3 is 9.73 Å². The molecule has 3 aromatic rings. The third-order valence-corrected chi connectivity index (χ3v) is 6.50. The molecule has 1 N–H and O–H groups in total. The van der Waals surface area contributed by atoms with Gasteiger partial charge in [0, 0.05) is 30.7 Å². The quantitative estimate of drug-likeness (QED) is 0.370. The van der Waals surface area contributed by atoms with E-state index in [-0.39, 0.29) is 22.8 Å². The van der Waals surface area contributed by atoms with Crippen LogP contribution in [-0.4, -0.2) is 16.6 Å². The minimum absolute atomic E-state index is 0.0588. The van der Waals surface area contributed by atoms with Crippen LogP contribution in [0.1, 0.15) is 45.4 Å². The van der Waals surface area contributed by atoms with Crippen molar-refractivity contribution < 1.29 is 18.9 Å². The van der Waals surface area contributed by atoms with Crippen molar-refractivity contribution in [2.75, 3.05) is 10.2 Å². The van der Waals surface area contributed by atoms with Gasteiger partial charge in [0.05, 0.1) is 21.9 Å².